The van der Waals surface area contributed by atoms with E-state index in [2.05, 4.69) is 5.32 Å². The van der Waals surface area contributed by atoms with Gasteiger partial charge in [0.15, 0.2) is 0 Å². The van der Waals surface area contributed by atoms with E-state index in [9.17, 15) is 4.79 Å². The molecule has 0 aliphatic carbocycles. The lowest BCUT2D eigenvalue weighted by atomic mass is 10.1. The molecule has 88 valence electrons. The highest BCUT2D eigenvalue weighted by Gasteiger charge is 2.06. The van der Waals surface area contributed by atoms with Crippen LogP contribution in [0.4, 0.5) is 0 Å². The van der Waals surface area contributed by atoms with Crippen LogP contribution in [-0.2, 0) is 11.2 Å². The first-order valence-electron chi connectivity index (χ1n) is 5.22. The molecule has 0 saturated carbocycles. The normalized spacial score (nSPS) is 10.6. The van der Waals surface area contributed by atoms with E-state index in [0.717, 1.165) is 5.56 Å². The predicted octanol–water partition coefficient (Wildman–Crippen LogP) is 3.31. The standard InChI is InChI=1S/C12H15Cl2NO/c1-8(2)12(16)15-6-5-9-3-4-10(13)7-11(9)14/h3-4,7-8H,5-6H2,1-2H3,(H,15,16). The van der Waals surface area contributed by atoms with Crippen LogP contribution in [0.1, 0.15) is 19.4 Å². The Morgan fingerprint density at radius 1 is 1.38 bits per heavy atom. The van der Waals surface area contributed by atoms with E-state index in [1.807, 2.05) is 19.9 Å². The van der Waals surface area contributed by atoms with Crippen LogP contribution in [0.3, 0.4) is 0 Å². The van der Waals surface area contributed by atoms with E-state index < -0.39 is 0 Å². The molecule has 1 aromatic rings. The Balaban J connectivity index is 2.46. The zero-order chi connectivity index (χ0) is 12.1. The third-order valence-electron chi connectivity index (χ3n) is 2.23. The second-order valence-corrected chi connectivity index (χ2v) is 4.78. The molecule has 0 radical (unpaired) electrons. The average molecular weight is 260 g/mol. The van der Waals surface area contributed by atoms with Crippen molar-refractivity contribution >= 4 is 29.1 Å². The number of carbonyl (C=O) groups excluding carboxylic acids is 1. The fourth-order valence-electron chi connectivity index (χ4n) is 1.25. The number of halogens is 2. The van der Waals surface area contributed by atoms with E-state index in [4.69, 9.17) is 23.2 Å². The van der Waals surface area contributed by atoms with E-state index in [0.29, 0.717) is 23.0 Å². The number of amides is 1. The summed E-state index contributed by atoms with van der Waals surface area (Å²) in [5.41, 5.74) is 0.995. The Labute approximate surface area is 106 Å². The van der Waals surface area contributed by atoms with Gasteiger partial charge in [-0.1, -0.05) is 43.1 Å². The van der Waals surface area contributed by atoms with Gasteiger partial charge in [-0.15, -0.1) is 0 Å². The Morgan fingerprint density at radius 2 is 2.06 bits per heavy atom. The summed E-state index contributed by atoms with van der Waals surface area (Å²) in [6.45, 7) is 4.33. The molecule has 4 heteroatoms. The van der Waals surface area contributed by atoms with Gasteiger partial charge in [0.2, 0.25) is 5.91 Å². The molecule has 0 fully saturated rings. The van der Waals surface area contributed by atoms with Crippen molar-refractivity contribution in [1.29, 1.82) is 0 Å². The summed E-state index contributed by atoms with van der Waals surface area (Å²) >= 11 is 11.8. The van der Waals surface area contributed by atoms with Gasteiger partial charge in [0.25, 0.3) is 0 Å². The molecule has 1 rings (SSSR count). The number of benzene rings is 1. The zero-order valence-electron chi connectivity index (χ0n) is 9.39. The summed E-state index contributed by atoms with van der Waals surface area (Å²) in [5.74, 6) is 0.0748. The molecule has 0 atom stereocenters. The molecule has 16 heavy (non-hydrogen) atoms. The molecule has 0 bridgehead atoms. The van der Waals surface area contributed by atoms with Crippen LogP contribution in [0.5, 0.6) is 0 Å². The average Bonchev–Trinajstić information content (AvgIpc) is 2.20. The molecular weight excluding hydrogens is 245 g/mol. The molecule has 0 saturated heterocycles. The Bertz CT molecular complexity index is 377. The maximum Gasteiger partial charge on any atom is 0.222 e. The molecule has 0 spiro atoms. The number of rotatable bonds is 4. The van der Waals surface area contributed by atoms with Crippen LogP contribution in [0.2, 0.25) is 10.0 Å². The summed E-state index contributed by atoms with van der Waals surface area (Å²) in [6.07, 6.45) is 0.717. The first-order chi connectivity index (χ1) is 7.50. The van der Waals surface area contributed by atoms with Crippen LogP contribution in [0.25, 0.3) is 0 Å². The highest BCUT2D eigenvalue weighted by Crippen LogP contribution is 2.20. The van der Waals surface area contributed by atoms with Crippen LogP contribution in [0, 0.1) is 5.92 Å². The van der Waals surface area contributed by atoms with Gasteiger partial charge >= 0.3 is 0 Å². The minimum absolute atomic E-state index is 0.0145. The maximum absolute atomic E-state index is 11.3. The molecule has 1 N–H and O–H groups in total. The summed E-state index contributed by atoms with van der Waals surface area (Å²) in [4.78, 5) is 11.3. The van der Waals surface area contributed by atoms with Crippen molar-refractivity contribution in [3.63, 3.8) is 0 Å². The highest BCUT2D eigenvalue weighted by molar-refractivity contribution is 6.35. The summed E-state index contributed by atoms with van der Waals surface area (Å²) < 4.78 is 0. The van der Waals surface area contributed by atoms with Gasteiger partial charge in [0.05, 0.1) is 0 Å². The first-order valence-corrected chi connectivity index (χ1v) is 5.98. The monoisotopic (exact) mass is 259 g/mol. The summed E-state index contributed by atoms with van der Waals surface area (Å²) in [6, 6.07) is 5.39. The van der Waals surface area contributed by atoms with Crippen molar-refractivity contribution in [1.82, 2.24) is 5.32 Å². The third-order valence-corrected chi connectivity index (χ3v) is 2.82. The molecule has 0 unspecified atom stereocenters. The van der Waals surface area contributed by atoms with E-state index in [1.54, 1.807) is 12.1 Å². The molecule has 1 amide bonds. The largest absolute Gasteiger partial charge is 0.356 e. The highest BCUT2D eigenvalue weighted by atomic mass is 35.5. The zero-order valence-corrected chi connectivity index (χ0v) is 10.9. The van der Waals surface area contributed by atoms with Gasteiger partial charge in [0, 0.05) is 22.5 Å². The second kappa shape index (κ2) is 6.12. The molecule has 0 aliphatic heterocycles. The van der Waals surface area contributed by atoms with E-state index in [1.165, 1.54) is 0 Å². The van der Waals surface area contributed by atoms with Crippen molar-refractivity contribution in [3.8, 4) is 0 Å². The molecule has 0 aliphatic rings. The Morgan fingerprint density at radius 3 is 2.62 bits per heavy atom. The van der Waals surface area contributed by atoms with Crippen LogP contribution in [0.15, 0.2) is 18.2 Å². The minimum atomic E-state index is 0.0145. The van der Waals surface area contributed by atoms with E-state index >= 15 is 0 Å². The number of hydrogen-bond acceptors (Lipinski definition) is 1. The predicted molar refractivity (Wildman–Crippen MR) is 68.0 cm³/mol. The number of carbonyl (C=O) groups is 1. The van der Waals surface area contributed by atoms with Crippen molar-refractivity contribution in [2.24, 2.45) is 5.92 Å². The first kappa shape index (κ1) is 13.3. The van der Waals surface area contributed by atoms with Crippen LogP contribution in [-0.4, -0.2) is 12.5 Å². The quantitative estimate of drug-likeness (QED) is 0.884. The third kappa shape index (κ3) is 4.03. The van der Waals surface area contributed by atoms with Gasteiger partial charge in [-0.2, -0.15) is 0 Å². The van der Waals surface area contributed by atoms with Gasteiger partial charge < -0.3 is 5.32 Å². The topological polar surface area (TPSA) is 29.1 Å². The van der Waals surface area contributed by atoms with Crippen molar-refractivity contribution < 1.29 is 4.79 Å². The fourth-order valence-corrected chi connectivity index (χ4v) is 1.75. The molecule has 0 aromatic heterocycles. The summed E-state index contributed by atoms with van der Waals surface area (Å²) in [7, 11) is 0. The second-order valence-electron chi connectivity index (χ2n) is 3.93. The van der Waals surface area contributed by atoms with Crippen molar-refractivity contribution in [2.75, 3.05) is 6.54 Å². The van der Waals surface area contributed by atoms with Gasteiger partial charge in [-0.3, -0.25) is 4.79 Å². The lowest BCUT2D eigenvalue weighted by Gasteiger charge is -2.08. The fraction of sp³-hybridized carbons (Fsp3) is 0.417. The van der Waals surface area contributed by atoms with Gasteiger partial charge in [0.1, 0.15) is 0 Å². The lowest BCUT2D eigenvalue weighted by molar-refractivity contribution is -0.123. The SMILES string of the molecule is CC(C)C(=O)NCCc1ccc(Cl)cc1Cl. The van der Waals surface area contributed by atoms with Gasteiger partial charge in [-0.25, -0.2) is 0 Å². The Hall–Kier alpha value is -0.730. The molecule has 0 heterocycles. The van der Waals surface area contributed by atoms with Crippen LogP contribution < -0.4 is 5.32 Å². The molecule has 2 nitrogen and oxygen atoms in total. The molecular formula is C12H15Cl2NO. The lowest BCUT2D eigenvalue weighted by Crippen LogP contribution is -2.29. The van der Waals surface area contributed by atoms with Crippen LogP contribution >= 0.6 is 23.2 Å². The molecule has 1 aromatic carbocycles. The van der Waals surface area contributed by atoms with Crippen molar-refractivity contribution in [3.05, 3.63) is 33.8 Å². The maximum atomic E-state index is 11.3. The Kier molecular flexibility index (Phi) is 5.10. The number of nitrogens with one attached hydrogen (secondary N) is 1. The minimum Gasteiger partial charge on any atom is -0.356 e. The van der Waals surface area contributed by atoms with Gasteiger partial charge in [-0.05, 0) is 24.1 Å². The number of hydrogen-bond donors (Lipinski definition) is 1. The smallest absolute Gasteiger partial charge is 0.222 e. The summed E-state index contributed by atoms with van der Waals surface area (Å²) in [5, 5.41) is 4.11. The van der Waals surface area contributed by atoms with Crippen molar-refractivity contribution in [2.45, 2.75) is 20.3 Å². The van der Waals surface area contributed by atoms with E-state index in [-0.39, 0.29) is 11.8 Å².